The summed E-state index contributed by atoms with van der Waals surface area (Å²) in [5.74, 6) is 1.81. The Kier molecular flexibility index (Phi) is 10.6. The third-order valence-electron chi connectivity index (χ3n) is 9.75. The lowest BCUT2D eigenvalue weighted by molar-refractivity contribution is 0.816. The van der Waals surface area contributed by atoms with E-state index in [2.05, 4.69) is 127 Å². The molecule has 0 saturated carbocycles. The molecular formula is C49H45N5. The van der Waals surface area contributed by atoms with Gasteiger partial charge in [-0.3, -0.25) is 0 Å². The van der Waals surface area contributed by atoms with Gasteiger partial charge in [0, 0.05) is 33.0 Å². The SMILES string of the molecule is C=C/C(=C\C=C/C)n1c2c(c3ccccc31)=CC(C1=CC(=C)c3ccccc3N(c3nc(C(/C=C\C)=C/C)nc(-c4ccccc4)n3)C(C)C=C1)=CCC=2. The van der Waals surface area contributed by atoms with Gasteiger partial charge in [-0.25, -0.2) is 4.98 Å². The van der Waals surface area contributed by atoms with Crippen LogP contribution in [0.4, 0.5) is 11.6 Å². The van der Waals surface area contributed by atoms with Gasteiger partial charge in [-0.1, -0.05) is 135 Å². The number of para-hydroxylation sites is 2. The highest BCUT2D eigenvalue weighted by atomic mass is 15.3. The zero-order chi connectivity index (χ0) is 37.6. The highest BCUT2D eigenvalue weighted by Crippen LogP contribution is 2.37. The van der Waals surface area contributed by atoms with Crippen molar-refractivity contribution in [2.75, 3.05) is 4.90 Å². The number of anilines is 2. The third kappa shape index (κ3) is 6.96. The second kappa shape index (κ2) is 16.0. The van der Waals surface area contributed by atoms with Gasteiger partial charge in [-0.2, -0.15) is 9.97 Å². The van der Waals surface area contributed by atoms with Gasteiger partial charge in [-0.15, -0.1) is 0 Å². The lowest BCUT2D eigenvalue weighted by atomic mass is 9.97. The quantitative estimate of drug-likeness (QED) is 0.151. The molecule has 54 heavy (non-hydrogen) atoms. The van der Waals surface area contributed by atoms with E-state index in [9.17, 15) is 0 Å². The second-order valence-electron chi connectivity index (χ2n) is 13.2. The molecule has 2 aromatic heterocycles. The summed E-state index contributed by atoms with van der Waals surface area (Å²) in [6.07, 6.45) is 28.6. The first-order chi connectivity index (χ1) is 26.4. The predicted molar refractivity (Wildman–Crippen MR) is 230 cm³/mol. The van der Waals surface area contributed by atoms with E-state index in [0.717, 1.165) is 62.1 Å². The number of rotatable bonds is 8. The van der Waals surface area contributed by atoms with Gasteiger partial charge in [0.25, 0.3) is 0 Å². The number of benzene rings is 3. The number of fused-ring (bicyclic) bond motifs is 4. The molecule has 5 nitrogen and oxygen atoms in total. The fourth-order valence-corrected chi connectivity index (χ4v) is 7.14. The lowest BCUT2D eigenvalue weighted by Gasteiger charge is -2.30. The zero-order valence-corrected chi connectivity index (χ0v) is 31.4. The standard InChI is InChI=1S/C49H45N5/c1-7-11-24-40(10-4)54-45-28-18-16-26-42(45)43-33-38(23-19-29-46(43)54)39-31-30-35(6)53(44-27-17-15-25-41(44)34(5)32-39)49-51-47(36(9-3)20-8-2)50-48(52-49)37-21-13-12-14-22-37/h7-18,20-33,35H,4-5,19H2,1-3,6H3/b11-7-,20-8-,31-30?,36-9+,39-32?,40-24+. The molecule has 7 rings (SSSR count). The van der Waals surface area contributed by atoms with Crippen molar-refractivity contribution in [1.29, 1.82) is 0 Å². The molecule has 2 aliphatic rings. The predicted octanol–water partition coefficient (Wildman–Crippen LogP) is 10.7. The minimum Gasteiger partial charge on any atom is -0.310 e. The van der Waals surface area contributed by atoms with E-state index in [1.54, 1.807) is 0 Å². The maximum absolute atomic E-state index is 5.13. The first-order valence-corrected chi connectivity index (χ1v) is 18.5. The summed E-state index contributed by atoms with van der Waals surface area (Å²) in [5, 5.41) is 3.54. The second-order valence-corrected chi connectivity index (χ2v) is 13.2. The number of allylic oxidation sites excluding steroid dienone is 15. The molecule has 5 aromatic rings. The van der Waals surface area contributed by atoms with Crippen LogP contribution in [0.5, 0.6) is 0 Å². The summed E-state index contributed by atoms with van der Waals surface area (Å²) in [6, 6.07) is 27.0. The van der Waals surface area contributed by atoms with Crippen LogP contribution in [0.3, 0.4) is 0 Å². The molecule has 1 aliphatic heterocycles. The molecule has 1 unspecified atom stereocenters. The average Bonchev–Trinajstić information content (AvgIpc) is 3.36. The van der Waals surface area contributed by atoms with Crippen molar-refractivity contribution < 1.29 is 0 Å². The van der Waals surface area contributed by atoms with Crippen molar-refractivity contribution in [2.24, 2.45) is 0 Å². The Balaban J connectivity index is 1.39. The van der Waals surface area contributed by atoms with Gasteiger partial charge in [0.15, 0.2) is 11.6 Å². The average molecular weight is 704 g/mol. The van der Waals surface area contributed by atoms with E-state index < -0.39 is 0 Å². The van der Waals surface area contributed by atoms with E-state index in [-0.39, 0.29) is 6.04 Å². The molecule has 0 fully saturated rings. The van der Waals surface area contributed by atoms with Crippen molar-refractivity contribution in [1.82, 2.24) is 19.5 Å². The molecule has 266 valence electrons. The third-order valence-corrected chi connectivity index (χ3v) is 9.75. The first-order valence-electron chi connectivity index (χ1n) is 18.5. The van der Waals surface area contributed by atoms with Crippen LogP contribution in [-0.2, 0) is 0 Å². The highest BCUT2D eigenvalue weighted by molar-refractivity contribution is 5.90. The van der Waals surface area contributed by atoms with Crippen LogP contribution in [-0.4, -0.2) is 25.6 Å². The summed E-state index contributed by atoms with van der Waals surface area (Å²) in [7, 11) is 0. The number of hydrogen-bond donors (Lipinski definition) is 0. The van der Waals surface area contributed by atoms with Crippen molar-refractivity contribution in [3.63, 3.8) is 0 Å². The fraction of sp³-hybridized carbons (Fsp3) is 0.122. The Hall–Kier alpha value is -6.59. The largest absolute Gasteiger partial charge is 0.310 e. The van der Waals surface area contributed by atoms with Gasteiger partial charge in [0.05, 0.1) is 22.6 Å². The van der Waals surface area contributed by atoms with E-state index >= 15 is 0 Å². The van der Waals surface area contributed by atoms with Crippen molar-refractivity contribution in [3.05, 3.63) is 192 Å². The summed E-state index contributed by atoms with van der Waals surface area (Å²) < 4.78 is 2.32. The smallest absolute Gasteiger partial charge is 0.234 e. The Labute approximate surface area is 318 Å². The van der Waals surface area contributed by atoms with E-state index in [1.165, 1.54) is 10.6 Å². The first kappa shape index (κ1) is 35.8. The minimum atomic E-state index is -0.127. The summed E-state index contributed by atoms with van der Waals surface area (Å²) in [4.78, 5) is 17.4. The maximum atomic E-state index is 5.13. The molecule has 3 heterocycles. The Morgan fingerprint density at radius 2 is 1.61 bits per heavy atom. The molecule has 0 amide bonds. The topological polar surface area (TPSA) is 46.8 Å². The van der Waals surface area contributed by atoms with Crippen LogP contribution >= 0.6 is 0 Å². The molecule has 0 bridgehead atoms. The van der Waals surface area contributed by atoms with Gasteiger partial charge in [-0.05, 0) is 87.3 Å². The molecule has 0 N–H and O–H groups in total. The molecule has 0 saturated heterocycles. The van der Waals surface area contributed by atoms with Crippen LogP contribution in [0.25, 0.3) is 51.3 Å². The Morgan fingerprint density at radius 3 is 2.39 bits per heavy atom. The number of hydrogen-bond acceptors (Lipinski definition) is 4. The summed E-state index contributed by atoms with van der Waals surface area (Å²) in [6.45, 7) is 17.0. The Morgan fingerprint density at radius 1 is 0.833 bits per heavy atom. The zero-order valence-electron chi connectivity index (χ0n) is 31.4. The number of nitrogens with zero attached hydrogens (tertiary/aromatic N) is 5. The minimum absolute atomic E-state index is 0.127. The molecular weight excluding hydrogens is 659 g/mol. The van der Waals surface area contributed by atoms with Crippen LogP contribution in [0, 0.1) is 0 Å². The Bertz CT molecular complexity index is 2600. The van der Waals surface area contributed by atoms with Crippen molar-refractivity contribution in [2.45, 2.75) is 40.2 Å². The van der Waals surface area contributed by atoms with Crippen molar-refractivity contribution >= 4 is 51.5 Å². The molecule has 0 radical (unpaired) electrons. The maximum Gasteiger partial charge on any atom is 0.234 e. The van der Waals surface area contributed by atoms with Crippen LogP contribution < -0.4 is 15.5 Å². The molecule has 1 aliphatic carbocycles. The van der Waals surface area contributed by atoms with Gasteiger partial charge in [0.2, 0.25) is 5.95 Å². The molecule has 5 heteroatoms. The van der Waals surface area contributed by atoms with E-state index in [0.29, 0.717) is 17.6 Å². The van der Waals surface area contributed by atoms with Gasteiger partial charge in [0.1, 0.15) is 0 Å². The summed E-state index contributed by atoms with van der Waals surface area (Å²) in [5.41, 5.74) is 9.15. The monoisotopic (exact) mass is 703 g/mol. The van der Waals surface area contributed by atoms with Crippen LogP contribution in [0.15, 0.2) is 170 Å². The van der Waals surface area contributed by atoms with Gasteiger partial charge >= 0.3 is 0 Å². The fourth-order valence-electron chi connectivity index (χ4n) is 7.14. The highest BCUT2D eigenvalue weighted by Gasteiger charge is 2.25. The van der Waals surface area contributed by atoms with E-state index in [1.807, 2.05) is 81.5 Å². The number of aromatic nitrogens is 4. The van der Waals surface area contributed by atoms with E-state index in [4.69, 9.17) is 15.0 Å². The summed E-state index contributed by atoms with van der Waals surface area (Å²) >= 11 is 0. The van der Waals surface area contributed by atoms with Crippen LogP contribution in [0.2, 0.25) is 0 Å². The molecule has 3 aromatic carbocycles. The van der Waals surface area contributed by atoms with Crippen LogP contribution in [0.1, 0.15) is 45.5 Å². The lowest BCUT2D eigenvalue weighted by Crippen LogP contribution is -2.30. The molecule has 1 atom stereocenters. The van der Waals surface area contributed by atoms with Crippen molar-refractivity contribution in [3.8, 4) is 11.4 Å². The van der Waals surface area contributed by atoms with Gasteiger partial charge < -0.3 is 9.47 Å². The normalized spacial score (nSPS) is 16.5. The molecule has 0 spiro atoms.